The van der Waals surface area contributed by atoms with Gasteiger partial charge < -0.3 is 4.42 Å². The van der Waals surface area contributed by atoms with Gasteiger partial charge in [-0.15, -0.1) is 0 Å². The molecule has 8 rings (SSSR count). The third kappa shape index (κ3) is 5.55. The Balaban J connectivity index is 1.46. The van der Waals surface area contributed by atoms with Crippen molar-refractivity contribution >= 4 is 33.0 Å². The number of rotatable bonds is 6. The van der Waals surface area contributed by atoms with Crippen LogP contribution in [0.25, 0.3) is 72.3 Å². The molecule has 0 saturated heterocycles. The summed E-state index contributed by atoms with van der Waals surface area (Å²) in [5, 5.41) is 2.12. The number of para-hydroxylation sites is 2. The number of nitrogens with zero attached hydrogens (tertiary/aromatic N) is 2. The van der Waals surface area contributed by atoms with Gasteiger partial charge >= 0.3 is 0 Å². The second kappa shape index (κ2) is 12.7. The summed E-state index contributed by atoms with van der Waals surface area (Å²) in [7, 11) is 2.12. The zero-order valence-electron chi connectivity index (χ0n) is 33.8. The van der Waals surface area contributed by atoms with Gasteiger partial charge in [-0.25, -0.2) is 4.57 Å². The van der Waals surface area contributed by atoms with Crippen LogP contribution in [0, 0.1) is 6.92 Å². The first kappa shape index (κ1) is 31.3. The summed E-state index contributed by atoms with van der Waals surface area (Å²) in [5.41, 5.74) is 14.0. The van der Waals surface area contributed by atoms with Crippen molar-refractivity contribution in [1.82, 2.24) is 4.57 Å². The number of furan rings is 1. The SMILES string of the molecule is [2H]C(C)(C)c1cc(-c2ccc(C(C)(C)C)cc2)cc(C([2H])(C)C)c1-n1c(-c2c(C)ccc3c2oc2cc(-c4ccccc4)ccc23)[n+](C)c2ccccc21. The molecule has 2 aromatic heterocycles. The Morgan fingerprint density at radius 2 is 1.25 bits per heavy atom. The van der Waals surface area contributed by atoms with Crippen molar-refractivity contribution in [3.63, 3.8) is 0 Å². The number of imidazole rings is 1. The molecule has 0 spiro atoms. The van der Waals surface area contributed by atoms with Gasteiger partial charge in [0.1, 0.15) is 16.8 Å². The van der Waals surface area contributed by atoms with Crippen molar-refractivity contribution in [2.24, 2.45) is 7.05 Å². The van der Waals surface area contributed by atoms with Crippen molar-refractivity contribution in [1.29, 1.82) is 0 Å². The number of aryl methyl sites for hydroxylation is 2. The summed E-state index contributed by atoms with van der Waals surface area (Å²) in [5.74, 6) is -1.04. The predicted octanol–water partition coefficient (Wildman–Crippen LogP) is 13.2. The summed E-state index contributed by atoms with van der Waals surface area (Å²) in [4.78, 5) is 0. The van der Waals surface area contributed by atoms with E-state index < -0.39 is 11.8 Å². The summed E-state index contributed by atoms with van der Waals surface area (Å²) in [6.07, 6.45) is 0. The maximum atomic E-state index is 9.67. The lowest BCUT2D eigenvalue weighted by molar-refractivity contribution is -0.633. The van der Waals surface area contributed by atoms with Gasteiger partial charge in [-0.2, -0.15) is 4.57 Å². The summed E-state index contributed by atoms with van der Waals surface area (Å²) in [6.45, 7) is 16.7. The summed E-state index contributed by atoms with van der Waals surface area (Å²) in [6, 6.07) is 42.9. The molecular formula is C49H49N2O+. The highest BCUT2D eigenvalue weighted by Crippen LogP contribution is 2.43. The smallest absolute Gasteiger partial charge is 0.299 e. The minimum Gasteiger partial charge on any atom is -0.455 e. The standard InChI is InChI=1S/C49H49N2O/c1-30(2)40-27-36(34-20-23-37(24-21-34)49(6,7)8)28-41(31(3)4)46(40)51-43-18-14-13-17-42(43)50(9)48(51)45-32(5)19-25-39-38-26-22-35(29-44(38)52-47(39)45)33-15-11-10-12-16-33/h10-31H,1-9H3/q+1/i30D,31D. The lowest BCUT2D eigenvalue weighted by Crippen LogP contribution is -2.30. The Morgan fingerprint density at radius 3 is 1.90 bits per heavy atom. The van der Waals surface area contributed by atoms with E-state index in [1.54, 1.807) is 0 Å². The van der Waals surface area contributed by atoms with Crippen LogP contribution >= 0.6 is 0 Å². The van der Waals surface area contributed by atoms with E-state index in [0.717, 1.165) is 89.0 Å². The monoisotopic (exact) mass is 683 g/mol. The second-order valence-corrected chi connectivity index (χ2v) is 15.8. The maximum absolute atomic E-state index is 9.67. The van der Waals surface area contributed by atoms with Gasteiger partial charge in [-0.05, 0) is 93.9 Å². The molecule has 0 atom stereocenters. The molecule has 0 saturated carbocycles. The first-order valence-corrected chi connectivity index (χ1v) is 18.3. The van der Waals surface area contributed by atoms with Crippen LogP contribution < -0.4 is 4.57 Å². The van der Waals surface area contributed by atoms with Crippen LogP contribution in [-0.2, 0) is 12.5 Å². The van der Waals surface area contributed by atoms with Crippen molar-refractivity contribution in [3.8, 4) is 39.3 Å². The molecule has 0 amide bonds. The molecule has 0 aliphatic rings. The van der Waals surface area contributed by atoms with Crippen LogP contribution in [0.3, 0.4) is 0 Å². The van der Waals surface area contributed by atoms with E-state index >= 15 is 0 Å². The summed E-state index contributed by atoms with van der Waals surface area (Å²) < 4.78 is 30.8. The molecule has 6 aromatic carbocycles. The number of hydrogen-bond acceptors (Lipinski definition) is 1. The highest BCUT2D eigenvalue weighted by molar-refractivity contribution is 6.10. The molecule has 0 aliphatic heterocycles. The molecule has 260 valence electrons. The molecule has 0 bridgehead atoms. The topological polar surface area (TPSA) is 21.9 Å². The van der Waals surface area contributed by atoms with Crippen molar-refractivity contribution in [2.45, 2.75) is 72.6 Å². The fourth-order valence-corrected chi connectivity index (χ4v) is 7.81. The Labute approximate surface area is 311 Å². The van der Waals surface area contributed by atoms with Crippen LogP contribution in [0.5, 0.6) is 0 Å². The normalized spacial score (nSPS) is 13.2. The number of fused-ring (bicyclic) bond motifs is 4. The van der Waals surface area contributed by atoms with Gasteiger partial charge in [0, 0.05) is 24.6 Å². The Hall–Kier alpha value is -5.41. The lowest BCUT2D eigenvalue weighted by Gasteiger charge is -2.22. The maximum Gasteiger partial charge on any atom is 0.299 e. The number of aromatic nitrogens is 2. The van der Waals surface area contributed by atoms with E-state index in [2.05, 4.69) is 159 Å². The molecule has 52 heavy (non-hydrogen) atoms. The molecule has 8 aromatic rings. The first-order valence-electron chi connectivity index (χ1n) is 19.3. The Kier molecular flexibility index (Phi) is 7.63. The van der Waals surface area contributed by atoms with Crippen LogP contribution in [0.1, 0.15) is 85.2 Å². The van der Waals surface area contributed by atoms with Gasteiger partial charge in [-0.1, -0.05) is 133 Å². The van der Waals surface area contributed by atoms with Gasteiger partial charge in [0.25, 0.3) is 5.82 Å². The van der Waals surface area contributed by atoms with Crippen molar-refractivity contribution in [3.05, 3.63) is 144 Å². The number of hydrogen-bond donors (Lipinski definition) is 0. The van der Waals surface area contributed by atoms with E-state index in [1.807, 2.05) is 33.8 Å². The average Bonchev–Trinajstić information content (AvgIpc) is 3.64. The molecule has 0 fully saturated rings. The minimum absolute atomic E-state index is 0.0392. The average molecular weight is 684 g/mol. The zero-order chi connectivity index (χ0) is 38.3. The Bertz CT molecular complexity index is 2680. The minimum atomic E-state index is -0.994. The highest BCUT2D eigenvalue weighted by Gasteiger charge is 2.34. The molecule has 0 unspecified atom stereocenters. The molecule has 3 nitrogen and oxygen atoms in total. The van der Waals surface area contributed by atoms with Crippen molar-refractivity contribution < 1.29 is 11.7 Å². The van der Waals surface area contributed by atoms with Crippen molar-refractivity contribution in [2.75, 3.05) is 0 Å². The van der Waals surface area contributed by atoms with E-state index in [4.69, 9.17) is 4.42 Å². The fourth-order valence-electron chi connectivity index (χ4n) is 7.81. The fraction of sp³-hybridized carbons (Fsp3) is 0.245. The molecule has 0 N–H and O–H groups in total. The quantitative estimate of drug-likeness (QED) is 0.160. The van der Waals surface area contributed by atoms with E-state index in [0.29, 0.717) is 0 Å². The lowest BCUT2D eigenvalue weighted by atomic mass is 9.85. The van der Waals surface area contributed by atoms with Crippen LogP contribution in [-0.4, -0.2) is 4.57 Å². The molecule has 3 heteroatoms. The van der Waals surface area contributed by atoms with Crippen LogP contribution in [0.2, 0.25) is 0 Å². The predicted molar refractivity (Wildman–Crippen MR) is 220 cm³/mol. The van der Waals surface area contributed by atoms with Gasteiger partial charge in [-0.3, -0.25) is 0 Å². The van der Waals surface area contributed by atoms with E-state index in [9.17, 15) is 2.74 Å². The third-order valence-corrected chi connectivity index (χ3v) is 10.7. The largest absolute Gasteiger partial charge is 0.455 e. The molecule has 0 radical (unpaired) electrons. The van der Waals surface area contributed by atoms with E-state index in [-0.39, 0.29) is 5.41 Å². The van der Waals surface area contributed by atoms with Gasteiger partial charge in [0.2, 0.25) is 0 Å². The first-order chi connectivity index (χ1) is 25.5. The zero-order valence-corrected chi connectivity index (χ0v) is 31.8. The van der Waals surface area contributed by atoms with E-state index in [1.165, 1.54) is 5.56 Å². The number of benzene rings is 6. The Morgan fingerprint density at radius 1 is 0.654 bits per heavy atom. The second-order valence-electron chi connectivity index (χ2n) is 15.8. The van der Waals surface area contributed by atoms with Crippen LogP contribution in [0.4, 0.5) is 0 Å². The van der Waals surface area contributed by atoms with Crippen LogP contribution in [0.15, 0.2) is 126 Å². The molecular weight excluding hydrogens is 633 g/mol. The van der Waals surface area contributed by atoms with Gasteiger partial charge in [0.15, 0.2) is 16.6 Å². The highest BCUT2D eigenvalue weighted by atomic mass is 16.3. The molecule has 2 heterocycles. The molecule has 0 aliphatic carbocycles. The third-order valence-electron chi connectivity index (χ3n) is 10.7. The summed E-state index contributed by atoms with van der Waals surface area (Å²) >= 11 is 0. The van der Waals surface area contributed by atoms with Gasteiger partial charge in [0.05, 0.1) is 7.05 Å².